The van der Waals surface area contributed by atoms with Crippen LogP contribution in [0.2, 0.25) is 0 Å². The molecule has 3 aromatic heterocycles. The van der Waals surface area contributed by atoms with Gasteiger partial charge in [0.15, 0.2) is 17.5 Å². The maximum Gasteiger partial charge on any atom is 0.416 e. The number of aromatic nitrogens is 5. The second kappa shape index (κ2) is 16.4. The summed E-state index contributed by atoms with van der Waals surface area (Å²) in [5.74, 6) is 1.22. The fraction of sp³-hybridized carbons (Fsp3) is 0.0339. The zero-order valence-corrected chi connectivity index (χ0v) is 36.7. The second-order valence-corrected chi connectivity index (χ2v) is 17.1. The molecular formula is C59H35F6N5. The maximum atomic E-state index is 14.2. The van der Waals surface area contributed by atoms with Gasteiger partial charge in [-0.1, -0.05) is 140 Å². The third kappa shape index (κ3) is 7.43. The van der Waals surface area contributed by atoms with Gasteiger partial charge in [0, 0.05) is 43.9 Å². The van der Waals surface area contributed by atoms with Crippen LogP contribution >= 0.6 is 0 Å². The number of hydrogen-bond acceptors (Lipinski definition) is 3. The Hall–Kier alpha value is -8.83. The van der Waals surface area contributed by atoms with E-state index in [-0.39, 0.29) is 17.2 Å². The number of benzene rings is 9. The molecule has 3 heterocycles. The predicted octanol–water partition coefficient (Wildman–Crippen LogP) is 16.4. The van der Waals surface area contributed by atoms with Gasteiger partial charge in [0.05, 0.1) is 38.9 Å². The molecule has 0 bridgehead atoms. The minimum atomic E-state index is -5.02. The van der Waals surface area contributed by atoms with Crippen LogP contribution in [0.25, 0.3) is 111 Å². The Bertz CT molecular complexity index is 3880. The average molecular weight is 928 g/mol. The average Bonchev–Trinajstić information content (AvgIpc) is 3.90. The molecule has 9 aromatic carbocycles. The molecule has 0 spiro atoms. The van der Waals surface area contributed by atoms with E-state index in [4.69, 9.17) is 15.0 Å². The fourth-order valence-corrected chi connectivity index (χ4v) is 9.56. The molecule has 0 aliphatic heterocycles. The van der Waals surface area contributed by atoms with Crippen LogP contribution < -0.4 is 0 Å². The summed E-state index contributed by atoms with van der Waals surface area (Å²) in [7, 11) is 0. The first-order valence-electron chi connectivity index (χ1n) is 22.4. The quantitative estimate of drug-likeness (QED) is 0.150. The Morgan fingerprint density at radius 1 is 0.300 bits per heavy atom. The number of rotatable bonds is 7. The summed E-state index contributed by atoms with van der Waals surface area (Å²) in [5.41, 5.74) is 6.14. The third-order valence-electron chi connectivity index (χ3n) is 12.8. The maximum absolute atomic E-state index is 14.2. The van der Waals surface area contributed by atoms with Crippen LogP contribution in [-0.2, 0) is 12.4 Å². The molecule has 0 aliphatic carbocycles. The van der Waals surface area contributed by atoms with E-state index < -0.39 is 23.5 Å². The third-order valence-corrected chi connectivity index (χ3v) is 12.8. The molecule has 0 aliphatic rings. The second-order valence-electron chi connectivity index (χ2n) is 17.1. The van der Waals surface area contributed by atoms with Gasteiger partial charge in [-0.2, -0.15) is 26.3 Å². The summed E-state index contributed by atoms with van der Waals surface area (Å²) in [6.07, 6.45) is -10.0. The zero-order chi connectivity index (χ0) is 47.7. The number of fused-ring (bicyclic) bond motifs is 6. The van der Waals surface area contributed by atoms with E-state index in [0.29, 0.717) is 34.2 Å². The van der Waals surface area contributed by atoms with Crippen LogP contribution in [0.5, 0.6) is 0 Å². The lowest BCUT2D eigenvalue weighted by Crippen LogP contribution is -2.11. The Labute approximate surface area is 396 Å². The van der Waals surface area contributed by atoms with Crippen molar-refractivity contribution in [1.82, 2.24) is 24.1 Å². The van der Waals surface area contributed by atoms with Gasteiger partial charge >= 0.3 is 12.4 Å². The molecule has 0 N–H and O–H groups in total. The summed E-state index contributed by atoms with van der Waals surface area (Å²) in [6.45, 7) is 0. The number of alkyl halides is 6. The molecular weight excluding hydrogens is 893 g/mol. The Morgan fingerprint density at radius 2 is 0.757 bits per heavy atom. The first kappa shape index (κ1) is 42.5. The normalized spacial score (nSPS) is 12.1. The van der Waals surface area contributed by atoms with E-state index in [1.165, 1.54) is 0 Å². The lowest BCUT2D eigenvalue weighted by atomic mass is 9.98. The van der Waals surface area contributed by atoms with Gasteiger partial charge in [-0.05, 0) is 95.1 Å². The molecule has 5 nitrogen and oxygen atoms in total. The highest BCUT2D eigenvalue weighted by molar-refractivity contribution is 6.12. The van der Waals surface area contributed by atoms with Crippen molar-refractivity contribution in [1.29, 1.82) is 0 Å². The molecule has 0 radical (unpaired) electrons. The Balaban J connectivity index is 1.13. The van der Waals surface area contributed by atoms with E-state index in [0.717, 1.165) is 78.2 Å². The topological polar surface area (TPSA) is 48.5 Å². The Kier molecular flexibility index (Phi) is 9.99. The van der Waals surface area contributed by atoms with E-state index in [1.54, 1.807) is 18.2 Å². The number of halogens is 6. The van der Waals surface area contributed by atoms with E-state index in [2.05, 4.69) is 47.0 Å². The lowest BCUT2D eigenvalue weighted by Gasteiger charge is -2.17. The first-order valence-corrected chi connectivity index (χ1v) is 22.4. The van der Waals surface area contributed by atoms with Gasteiger partial charge in [0.1, 0.15) is 0 Å². The van der Waals surface area contributed by atoms with E-state index in [9.17, 15) is 26.3 Å². The van der Waals surface area contributed by atoms with Crippen molar-refractivity contribution in [3.8, 4) is 67.8 Å². The van der Waals surface area contributed by atoms with Crippen molar-refractivity contribution in [2.24, 2.45) is 0 Å². The Morgan fingerprint density at radius 3 is 1.37 bits per heavy atom. The molecule has 12 aromatic rings. The molecule has 12 rings (SSSR count). The SMILES string of the molecule is FC(F)(F)c1cc(-c2ccc3c4ccccc4n(-c4ccc(-c5ccc6c(c5)c5ccccc5n6-c5ccccc5)cc4-c4nc(-c5ccccc5)nc(-c5ccccc5)n4)c3c2)cc(C(F)(F)F)c1. The number of hydrogen-bond donors (Lipinski definition) is 0. The van der Waals surface area contributed by atoms with Gasteiger partial charge in [-0.3, -0.25) is 0 Å². The molecule has 0 saturated heterocycles. The predicted molar refractivity (Wildman–Crippen MR) is 266 cm³/mol. The smallest absolute Gasteiger partial charge is 0.309 e. The molecule has 0 atom stereocenters. The van der Waals surface area contributed by atoms with Crippen LogP contribution in [0.4, 0.5) is 26.3 Å². The van der Waals surface area contributed by atoms with E-state index in [1.807, 2.05) is 138 Å². The highest BCUT2D eigenvalue weighted by atomic mass is 19.4. The summed E-state index contributed by atoms with van der Waals surface area (Å²) < 4.78 is 89.4. The summed E-state index contributed by atoms with van der Waals surface area (Å²) in [4.78, 5) is 15.3. The van der Waals surface area contributed by atoms with E-state index >= 15 is 0 Å². The van der Waals surface area contributed by atoms with Gasteiger partial charge in [-0.25, -0.2) is 15.0 Å². The van der Waals surface area contributed by atoms with Crippen LogP contribution in [0.1, 0.15) is 11.1 Å². The standard InChI is InChI=1S/C59H35F6N5/c60-58(61,62)42-30-41(31-43(35-42)59(63,64)65)40-24-27-47-45-20-10-13-23-51(45)70(54(47)34-40)53-29-26-39(38-25-28-52-48(32-38)46-21-11-12-22-50(46)69(52)44-18-8-3-9-19-44)33-49(53)57-67-55(36-14-4-1-5-15-36)66-56(68-57)37-16-6-2-7-17-37/h1-35H. The fourth-order valence-electron chi connectivity index (χ4n) is 9.56. The summed E-state index contributed by atoms with van der Waals surface area (Å²) >= 11 is 0. The molecule has 70 heavy (non-hydrogen) atoms. The van der Waals surface area contributed by atoms with Gasteiger partial charge in [-0.15, -0.1) is 0 Å². The van der Waals surface area contributed by atoms with Gasteiger partial charge in [0.25, 0.3) is 0 Å². The molecule has 0 fully saturated rings. The molecule has 338 valence electrons. The first-order chi connectivity index (χ1) is 34.0. The number of para-hydroxylation sites is 3. The van der Waals surface area contributed by atoms with Crippen LogP contribution in [-0.4, -0.2) is 24.1 Å². The number of nitrogens with zero attached hydrogens (tertiary/aromatic N) is 5. The minimum Gasteiger partial charge on any atom is -0.309 e. The van der Waals surface area contributed by atoms with Crippen molar-refractivity contribution >= 4 is 43.6 Å². The highest BCUT2D eigenvalue weighted by Crippen LogP contribution is 2.43. The van der Waals surface area contributed by atoms with Crippen molar-refractivity contribution in [2.45, 2.75) is 12.4 Å². The van der Waals surface area contributed by atoms with Crippen molar-refractivity contribution < 1.29 is 26.3 Å². The molecule has 0 unspecified atom stereocenters. The highest BCUT2D eigenvalue weighted by Gasteiger charge is 2.37. The minimum absolute atomic E-state index is 0.147. The van der Waals surface area contributed by atoms with Crippen molar-refractivity contribution in [3.05, 3.63) is 223 Å². The lowest BCUT2D eigenvalue weighted by molar-refractivity contribution is -0.143. The summed E-state index contributed by atoms with van der Waals surface area (Å²) in [5, 5.41) is 3.70. The van der Waals surface area contributed by atoms with Crippen molar-refractivity contribution in [3.63, 3.8) is 0 Å². The molecule has 11 heteroatoms. The molecule has 0 amide bonds. The van der Waals surface area contributed by atoms with Gasteiger partial charge in [0.2, 0.25) is 0 Å². The summed E-state index contributed by atoms with van der Waals surface area (Å²) in [6, 6.07) is 64.4. The van der Waals surface area contributed by atoms with Gasteiger partial charge < -0.3 is 9.13 Å². The van der Waals surface area contributed by atoms with Crippen LogP contribution in [0.15, 0.2) is 212 Å². The van der Waals surface area contributed by atoms with Crippen LogP contribution in [0, 0.1) is 0 Å². The monoisotopic (exact) mass is 927 g/mol. The molecule has 0 saturated carbocycles. The zero-order valence-electron chi connectivity index (χ0n) is 36.7. The van der Waals surface area contributed by atoms with Crippen LogP contribution in [0.3, 0.4) is 0 Å². The largest absolute Gasteiger partial charge is 0.416 e. The van der Waals surface area contributed by atoms with Crippen molar-refractivity contribution in [2.75, 3.05) is 0 Å².